The van der Waals surface area contributed by atoms with Crippen molar-refractivity contribution in [3.63, 3.8) is 0 Å². The molecule has 0 aliphatic heterocycles. The minimum Gasteiger partial charge on any atom is -0.509 e. The van der Waals surface area contributed by atoms with E-state index in [1.54, 1.807) is 36.5 Å². The second kappa shape index (κ2) is 15.2. The Labute approximate surface area is 370 Å². The first-order valence-electron chi connectivity index (χ1n) is 23.5. The van der Waals surface area contributed by atoms with Gasteiger partial charge in [0.05, 0.1) is 36.6 Å². The van der Waals surface area contributed by atoms with Gasteiger partial charge in [0.25, 0.3) is 0 Å². The molecule has 0 radical (unpaired) electrons. The quantitative estimate of drug-likeness (QED) is 0.149. The van der Waals surface area contributed by atoms with Gasteiger partial charge in [-0.05, 0) is 51.8 Å². The van der Waals surface area contributed by atoms with Crippen molar-refractivity contribution in [1.29, 1.82) is 0 Å². The van der Waals surface area contributed by atoms with E-state index in [0.717, 1.165) is 33.2 Å². The van der Waals surface area contributed by atoms with E-state index in [-0.39, 0.29) is 71.4 Å². The Bertz CT molecular complexity index is 3680. The number of ether oxygens (including phenoxy) is 1. The third-order valence-electron chi connectivity index (χ3n) is 10.1. The smallest absolute Gasteiger partial charge is 0.509 e. The van der Waals surface area contributed by atoms with Crippen molar-refractivity contribution in [3.8, 4) is 50.9 Å². The summed E-state index contributed by atoms with van der Waals surface area (Å²) in [7, 11) is 0. The fourth-order valence-corrected chi connectivity index (χ4v) is 7.38. The molecule has 0 saturated heterocycles. The summed E-state index contributed by atoms with van der Waals surface area (Å²) in [6.07, 6.45) is 4.70. The van der Waals surface area contributed by atoms with Crippen LogP contribution in [0, 0.1) is 12.1 Å². The number of hydrogen-bond acceptors (Lipinski definition) is 4. The van der Waals surface area contributed by atoms with Crippen molar-refractivity contribution in [2.24, 2.45) is 0 Å². The van der Waals surface area contributed by atoms with Crippen LogP contribution in [0.3, 0.4) is 0 Å². The number of aromatic nitrogens is 5. The first kappa shape index (κ1) is 27.7. The number of hydrogen-bond donors (Lipinski definition) is 0. The van der Waals surface area contributed by atoms with Gasteiger partial charge in [0.15, 0.2) is 0 Å². The Balaban J connectivity index is 0.00000593. The molecule has 0 atom stereocenters. The normalized spacial score (nSPS) is 13.9. The molecule has 288 valence electrons. The monoisotopic (exact) mass is 956 g/mol. The summed E-state index contributed by atoms with van der Waals surface area (Å²) in [4.78, 5) is 24.5. The maximum absolute atomic E-state index is 15.4. The zero-order valence-electron chi connectivity index (χ0n) is 41.8. The largest absolute Gasteiger partial charge is 2.00 e. The van der Waals surface area contributed by atoms with Crippen LogP contribution >= 0.6 is 0 Å². The van der Waals surface area contributed by atoms with Crippen molar-refractivity contribution >= 4 is 32.8 Å². The fraction of sp³-hybridized carbons (Fsp3) is 0.0784. The second-order valence-corrected chi connectivity index (χ2v) is 14.6. The van der Waals surface area contributed by atoms with Crippen LogP contribution in [-0.4, -0.2) is 23.7 Å². The third-order valence-corrected chi connectivity index (χ3v) is 10.1. The summed E-state index contributed by atoms with van der Waals surface area (Å²) in [5.74, 6) is 1.31. The van der Waals surface area contributed by atoms with Crippen LogP contribution in [0.15, 0.2) is 175 Å². The molecule has 0 fully saturated rings. The van der Waals surface area contributed by atoms with Crippen molar-refractivity contribution in [2.75, 3.05) is 0 Å². The van der Waals surface area contributed by atoms with Crippen LogP contribution in [0.25, 0.3) is 72.3 Å². The zero-order valence-corrected chi connectivity index (χ0v) is 34.0. The number of fused-ring (bicyclic) bond motifs is 4. The predicted octanol–water partition coefficient (Wildman–Crippen LogP) is 11.7. The van der Waals surface area contributed by atoms with E-state index in [0.29, 0.717) is 11.3 Å². The molecule has 0 N–H and O–H groups in total. The van der Waals surface area contributed by atoms with Crippen LogP contribution in [0.1, 0.15) is 40.0 Å². The number of pyridine rings is 2. The second-order valence-electron chi connectivity index (χ2n) is 14.6. The Hall–Kier alpha value is -6.82. The van der Waals surface area contributed by atoms with E-state index >= 15 is 4.79 Å². The number of benzene rings is 6. The molecular formula is C51H37N5O2Pt. The summed E-state index contributed by atoms with van der Waals surface area (Å²) in [6.45, 7) is 6.44. The van der Waals surface area contributed by atoms with Crippen LogP contribution < -0.4 is 10.4 Å². The third kappa shape index (κ3) is 6.67. The number of nitrogens with zero attached hydrogens (tertiary/aromatic N) is 5. The van der Waals surface area contributed by atoms with E-state index in [4.69, 9.17) is 23.4 Å². The standard InChI is InChI=1S/C51H37N5O2.Pt/c1-51(2,3)36-26-29-53-48(30-36)55-44-23-11-10-20-42(44)43-25-24-39(32-46(43)55)58-38-19-12-18-37(31-38)54-45-27-28-52-33-47(45)56(50(54)57)49-40(34-14-6-4-7-15-34)21-13-22-41(49)35-16-8-5-9-17-35;/h4-30,33H,1-3H3;/q-2;+2/i4D,5D,6D,7D,8D,9D,14D,15D,16D,17D;. The zero-order chi connectivity index (χ0) is 48.1. The molecule has 0 saturated carbocycles. The van der Waals surface area contributed by atoms with E-state index < -0.39 is 66.1 Å². The molecular weight excluding hydrogens is 910 g/mol. The molecule has 4 heterocycles. The number of para-hydroxylation sites is 2. The molecule has 8 heteroatoms. The molecule has 0 amide bonds. The molecule has 0 bridgehead atoms. The summed E-state index contributed by atoms with van der Waals surface area (Å²) in [5.41, 5.74) is 1.90. The van der Waals surface area contributed by atoms with Crippen LogP contribution in [0.2, 0.25) is 0 Å². The topological polar surface area (TPSA) is 66.9 Å². The molecule has 0 unspecified atom stereocenters. The van der Waals surface area contributed by atoms with Crippen LogP contribution in [0.5, 0.6) is 11.5 Å². The van der Waals surface area contributed by atoms with Gasteiger partial charge in [0.1, 0.15) is 5.82 Å². The van der Waals surface area contributed by atoms with Gasteiger partial charge in [0, 0.05) is 40.5 Å². The van der Waals surface area contributed by atoms with E-state index in [2.05, 4.69) is 48.5 Å². The van der Waals surface area contributed by atoms with E-state index in [1.807, 2.05) is 36.4 Å². The average molecular weight is 957 g/mol. The summed E-state index contributed by atoms with van der Waals surface area (Å²) >= 11 is 0. The molecule has 0 spiro atoms. The SMILES string of the molecule is [2H]c1c([2H])c([2H])c(-c2cccc(-c3c([2H])c([2H])c([2H])c([2H])c3[2H])c2-n2c(=O)n(-c3[c-]c(Oc4[c-]c5c(cc4)c4ccccc4n5-c4cc(C(C)(C)C)ccn4)ccc3)c3ccncc32)c([2H])c1[2H].[Pt+2]. The molecule has 59 heavy (non-hydrogen) atoms. The van der Waals surface area contributed by atoms with Gasteiger partial charge in [-0.25, -0.2) is 9.78 Å². The minimum absolute atomic E-state index is 0. The van der Waals surface area contributed by atoms with E-state index in [9.17, 15) is 0 Å². The summed E-state index contributed by atoms with van der Waals surface area (Å²) in [6, 6.07) is 27.5. The number of rotatable bonds is 7. The van der Waals surface area contributed by atoms with Gasteiger partial charge in [-0.15, -0.1) is 35.7 Å². The van der Waals surface area contributed by atoms with Gasteiger partial charge in [-0.3, -0.25) is 14.1 Å². The molecule has 0 aliphatic carbocycles. The molecule has 0 aliphatic rings. The maximum atomic E-state index is 15.4. The average Bonchev–Trinajstić information content (AvgIpc) is 3.82. The van der Waals surface area contributed by atoms with E-state index in [1.165, 1.54) is 39.7 Å². The van der Waals surface area contributed by atoms with Crippen molar-refractivity contribution in [2.45, 2.75) is 26.2 Å². The Kier molecular flexibility index (Phi) is 7.13. The Morgan fingerprint density at radius 3 is 2.07 bits per heavy atom. The number of imidazole rings is 1. The fourth-order valence-electron chi connectivity index (χ4n) is 7.38. The van der Waals surface area contributed by atoms with Gasteiger partial charge >= 0.3 is 26.8 Å². The molecule has 10 rings (SSSR count). The van der Waals surface area contributed by atoms with Crippen molar-refractivity contribution in [3.05, 3.63) is 198 Å². The minimum atomic E-state index is -0.739. The van der Waals surface area contributed by atoms with Gasteiger partial charge in [-0.1, -0.05) is 129 Å². The van der Waals surface area contributed by atoms with Crippen molar-refractivity contribution in [1.82, 2.24) is 23.7 Å². The Morgan fingerprint density at radius 2 is 1.34 bits per heavy atom. The Morgan fingerprint density at radius 1 is 0.644 bits per heavy atom. The summed E-state index contributed by atoms with van der Waals surface area (Å²) < 4.78 is 97.5. The first-order valence-corrected chi connectivity index (χ1v) is 18.5. The maximum Gasteiger partial charge on any atom is 2.00 e. The van der Waals surface area contributed by atoms with Crippen molar-refractivity contribution < 1.29 is 39.5 Å². The van der Waals surface area contributed by atoms with Gasteiger partial charge < -0.3 is 9.30 Å². The van der Waals surface area contributed by atoms with Crippen LogP contribution in [-0.2, 0) is 26.5 Å². The molecule has 10 aromatic rings. The summed E-state index contributed by atoms with van der Waals surface area (Å²) in [5, 5.41) is 1.95. The predicted molar refractivity (Wildman–Crippen MR) is 233 cm³/mol. The molecule has 4 aromatic heterocycles. The van der Waals surface area contributed by atoms with Gasteiger partial charge in [0.2, 0.25) is 0 Å². The molecule has 7 nitrogen and oxygen atoms in total. The first-order chi connectivity index (χ1) is 32.5. The van der Waals surface area contributed by atoms with Crippen LogP contribution in [0.4, 0.5) is 0 Å². The molecule has 6 aromatic carbocycles. The van der Waals surface area contributed by atoms with Gasteiger partial charge in [-0.2, -0.15) is 12.1 Å².